The van der Waals surface area contributed by atoms with Crippen molar-refractivity contribution in [1.82, 2.24) is 20.1 Å². The summed E-state index contributed by atoms with van der Waals surface area (Å²) in [6.07, 6.45) is -5.40. The third-order valence-electron chi connectivity index (χ3n) is 5.16. The van der Waals surface area contributed by atoms with Crippen LogP contribution in [0.5, 0.6) is 0 Å². The number of amides is 1. The Balaban J connectivity index is 1.87. The minimum Gasteiger partial charge on any atom is -0.444 e. The smallest absolute Gasteiger partial charge is 0.417 e. The fraction of sp³-hybridized carbons (Fsp3) is 0.348. The Kier molecular flexibility index (Phi) is 8.85. The molecule has 0 bridgehead atoms. The maximum atomic E-state index is 14.0. The number of carbonyl (C=O) groups is 1. The highest BCUT2D eigenvalue weighted by atomic mass is 35.5. The number of rotatable bonds is 8. The van der Waals surface area contributed by atoms with Crippen molar-refractivity contribution < 1.29 is 31.1 Å². The summed E-state index contributed by atoms with van der Waals surface area (Å²) in [5.41, 5.74) is 3.68. The summed E-state index contributed by atoms with van der Waals surface area (Å²) in [7, 11) is -1.66. The maximum Gasteiger partial charge on any atom is 0.417 e. The van der Waals surface area contributed by atoms with Gasteiger partial charge >= 0.3 is 12.3 Å². The van der Waals surface area contributed by atoms with E-state index < -0.39 is 34.3 Å². The Morgan fingerprint density at radius 3 is 2.31 bits per heavy atom. The molecule has 0 atom stereocenters. The number of nitrogens with one attached hydrogen (secondary N) is 2. The number of nitrogen functional groups attached to an aromatic ring is 1. The standard InChI is InChI=1S/C23H27ClF3N7O4S/c1-22(2,3)38-21(35)33(4)9-10-34(39(36)37)15-7-5-13(6-8-15)18-16(23(25,26)27)11-14(12-17(18)24)29-20-30-19(28)31-32-20/h5-8,11-12,39H,9-10H2,1-4H3,(H4,28,29,30,31,32). The van der Waals surface area contributed by atoms with Crippen LogP contribution in [0.3, 0.4) is 0 Å². The van der Waals surface area contributed by atoms with E-state index in [1.165, 1.54) is 42.3 Å². The van der Waals surface area contributed by atoms with Crippen LogP contribution in [0.2, 0.25) is 5.02 Å². The van der Waals surface area contributed by atoms with E-state index in [1.807, 2.05) is 0 Å². The van der Waals surface area contributed by atoms with Crippen LogP contribution < -0.4 is 15.4 Å². The molecule has 0 radical (unpaired) electrons. The van der Waals surface area contributed by atoms with E-state index >= 15 is 0 Å². The summed E-state index contributed by atoms with van der Waals surface area (Å²) in [4.78, 5) is 17.2. The molecule has 11 nitrogen and oxygen atoms in total. The van der Waals surface area contributed by atoms with Gasteiger partial charge in [-0.25, -0.2) is 18.3 Å². The van der Waals surface area contributed by atoms with Crippen molar-refractivity contribution in [2.24, 2.45) is 0 Å². The van der Waals surface area contributed by atoms with Gasteiger partial charge in [0.25, 0.3) is 0 Å². The van der Waals surface area contributed by atoms with Gasteiger partial charge in [0.2, 0.25) is 22.8 Å². The molecule has 212 valence electrons. The molecule has 3 rings (SSSR count). The monoisotopic (exact) mass is 589 g/mol. The molecule has 0 aliphatic carbocycles. The predicted molar refractivity (Wildman–Crippen MR) is 142 cm³/mol. The fourth-order valence-electron chi connectivity index (χ4n) is 3.44. The van der Waals surface area contributed by atoms with Gasteiger partial charge in [-0.15, -0.1) is 5.10 Å². The number of halogens is 4. The van der Waals surface area contributed by atoms with Gasteiger partial charge in [-0.2, -0.15) is 18.2 Å². The largest absolute Gasteiger partial charge is 0.444 e. The normalized spacial score (nSPS) is 11.9. The van der Waals surface area contributed by atoms with Crippen LogP contribution in [0, 0.1) is 0 Å². The number of H-pyrrole nitrogens is 1. The highest BCUT2D eigenvalue weighted by molar-refractivity contribution is 7.74. The topological polar surface area (TPSA) is 147 Å². The van der Waals surface area contributed by atoms with Crippen molar-refractivity contribution in [2.75, 3.05) is 35.5 Å². The summed E-state index contributed by atoms with van der Waals surface area (Å²) < 4.78 is 72.2. The zero-order chi connectivity index (χ0) is 29.1. The van der Waals surface area contributed by atoms with Crippen molar-refractivity contribution in [1.29, 1.82) is 0 Å². The zero-order valence-corrected chi connectivity index (χ0v) is 23.0. The van der Waals surface area contributed by atoms with E-state index in [0.29, 0.717) is 0 Å². The van der Waals surface area contributed by atoms with Gasteiger partial charge in [-0.3, -0.25) is 4.31 Å². The summed E-state index contributed by atoms with van der Waals surface area (Å²) in [6.45, 7) is 5.01. The number of anilines is 4. The first-order valence-corrected chi connectivity index (χ1v) is 12.9. The van der Waals surface area contributed by atoms with Gasteiger partial charge in [-0.1, -0.05) is 23.7 Å². The van der Waals surface area contributed by atoms with Crippen molar-refractivity contribution in [3.63, 3.8) is 0 Å². The van der Waals surface area contributed by atoms with Gasteiger partial charge in [0.15, 0.2) is 0 Å². The van der Waals surface area contributed by atoms with E-state index in [2.05, 4.69) is 20.5 Å². The van der Waals surface area contributed by atoms with Crippen LogP contribution in [-0.2, 0) is 21.8 Å². The van der Waals surface area contributed by atoms with Gasteiger partial charge in [0.05, 0.1) is 22.8 Å². The number of carbonyl (C=O) groups excluding carboxylic acids is 1. The third-order valence-corrected chi connectivity index (χ3v) is 6.28. The molecule has 0 saturated carbocycles. The van der Waals surface area contributed by atoms with Gasteiger partial charge in [0, 0.05) is 24.8 Å². The number of nitrogens with two attached hydrogens (primary N) is 1. The third kappa shape index (κ3) is 7.89. The molecule has 1 heterocycles. The molecule has 0 aliphatic heterocycles. The van der Waals surface area contributed by atoms with Crippen LogP contribution in [0.1, 0.15) is 26.3 Å². The zero-order valence-electron chi connectivity index (χ0n) is 21.3. The second-order valence-corrected chi connectivity index (χ2v) is 10.7. The summed E-state index contributed by atoms with van der Waals surface area (Å²) in [5.74, 6) is -0.0698. The first-order valence-electron chi connectivity index (χ1n) is 11.4. The summed E-state index contributed by atoms with van der Waals surface area (Å²) in [6, 6.07) is 7.51. The Morgan fingerprint density at radius 1 is 1.15 bits per heavy atom. The SMILES string of the molecule is CN(CCN(c1ccc(-c2c(Cl)cc(Nc3n[nH]c(N)n3)cc2C(F)(F)F)cc1)[SH](=O)=O)C(=O)OC(C)(C)C. The van der Waals surface area contributed by atoms with Crippen LogP contribution in [0.25, 0.3) is 11.1 Å². The average Bonchev–Trinajstić information content (AvgIpc) is 3.21. The first kappa shape index (κ1) is 29.8. The Bertz CT molecular complexity index is 1400. The number of thiol groups is 1. The average molecular weight is 590 g/mol. The first-order chi connectivity index (χ1) is 18.0. The van der Waals surface area contributed by atoms with E-state index in [-0.39, 0.29) is 52.5 Å². The van der Waals surface area contributed by atoms with Crippen LogP contribution >= 0.6 is 11.6 Å². The van der Waals surface area contributed by atoms with Crippen LogP contribution in [0.4, 0.5) is 41.2 Å². The van der Waals surface area contributed by atoms with E-state index in [1.54, 1.807) is 20.8 Å². The molecule has 0 saturated heterocycles. The van der Waals surface area contributed by atoms with Crippen LogP contribution in [0.15, 0.2) is 36.4 Å². The number of alkyl halides is 3. The van der Waals surface area contributed by atoms with E-state index in [9.17, 15) is 26.4 Å². The number of benzene rings is 2. The van der Waals surface area contributed by atoms with E-state index in [0.717, 1.165) is 10.4 Å². The number of aromatic amines is 1. The number of nitrogens with zero attached hydrogens (tertiary/aromatic N) is 4. The molecule has 4 N–H and O–H groups in total. The maximum absolute atomic E-state index is 14.0. The number of ether oxygens (including phenoxy) is 1. The quantitative estimate of drug-likeness (QED) is 0.277. The number of likely N-dealkylation sites (N-methyl/N-ethyl adjacent to an activating group) is 1. The minimum atomic E-state index is -4.77. The minimum absolute atomic E-state index is 0.00893. The van der Waals surface area contributed by atoms with Crippen molar-refractivity contribution >= 4 is 51.9 Å². The predicted octanol–water partition coefficient (Wildman–Crippen LogP) is 4.67. The molecule has 0 spiro atoms. The molecule has 1 aromatic heterocycles. The molecular formula is C23H27ClF3N7O4S. The Hall–Kier alpha value is -3.72. The van der Waals surface area contributed by atoms with Crippen molar-refractivity contribution in [2.45, 2.75) is 32.5 Å². The van der Waals surface area contributed by atoms with Gasteiger partial charge in [0.1, 0.15) is 5.60 Å². The molecule has 2 aromatic carbocycles. The Morgan fingerprint density at radius 2 is 1.79 bits per heavy atom. The molecule has 0 unspecified atom stereocenters. The molecule has 1 amide bonds. The lowest BCUT2D eigenvalue weighted by Gasteiger charge is -2.26. The Labute approximate surface area is 229 Å². The summed E-state index contributed by atoms with van der Waals surface area (Å²) in [5, 5.41) is 8.48. The summed E-state index contributed by atoms with van der Waals surface area (Å²) >= 11 is 6.29. The fourth-order valence-corrected chi connectivity index (χ4v) is 4.34. The van der Waals surface area contributed by atoms with Crippen LogP contribution in [-0.4, -0.2) is 60.3 Å². The second-order valence-electron chi connectivity index (χ2n) is 9.36. The van der Waals surface area contributed by atoms with Gasteiger partial charge < -0.3 is 20.7 Å². The van der Waals surface area contributed by atoms with E-state index in [4.69, 9.17) is 22.1 Å². The molecule has 0 fully saturated rings. The van der Waals surface area contributed by atoms with Crippen molar-refractivity contribution in [3.05, 3.63) is 47.0 Å². The molecular weight excluding hydrogens is 563 g/mol. The molecule has 0 aliphatic rings. The molecule has 39 heavy (non-hydrogen) atoms. The molecule has 3 aromatic rings. The van der Waals surface area contributed by atoms with Gasteiger partial charge in [-0.05, 0) is 50.6 Å². The lowest BCUT2D eigenvalue weighted by atomic mass is 9.98. The lowest BCUT2D eigenvalue weighted by molar-refractivity contribution is -0.137. The number of aromatic nitrogens is 3. The number of hydrogen-bond acceptors (Lipinski definition) is 8. The lowest BCUT2D eigenvalue weighted by Crippen LogP contribution is -2.39. The highest BCUT2D eigenvalue weighted by Gasteiger charge is 2.35. The molecule has 16 heteroatoms. The number of hydrogen-bond donors (Lipinski definition) is 4. The van der Waals surface area contributed by atoms with Crippen molar-refractivity contribution in [3.8, 4) is 11.1 Å². The highest BCUT2D eigenvalue weighted by Crippen LogP contribution is 2.43. The second kappa shape index (κ2) is 11.6.